The van der Waals surface area contributed by atoms with Crippen molar-refractivity contribution >= 4 is 17.5 Å². The van der Waals surface area contributed by atoms with Crippen molar-refractivity contribution in [2.45, 2.75) is 32.1 Å². The van der Waals surface area contributed by atoms with E-state index in [1.165, 1.54) is 12.8 Å². The maximum atomic E-state index is 11.1. The number of hydrogen-bond donors (Lipinski definition) is 1. The van der Waals surface area contributed by atoms with Gasteiger partial charge in [0.25, 0.3) is 0 Å². The van der Waals surface area contributed by atoms with Crippen LogP contribution in [0.1, 0.15) is 26.7 Å². The third-order valence-corrected chi connectivity index (χ3v) is 2.64. The molecule has 12 heavy (non-hydrogen) atoms. The van der Waals surface area contributed by atoms with Gasteiger partial charge < -0.3 is 5.32 Å². The van der Waals surface area contributed by atoms with Gasteiger partial charge in [0.05, 0.1) is 5.38 Å². The van der Waals surface area contributed by atoms with Crippen molar-refractivity contribution in [3.05, 3.63) is 0 Å². The summed E-state index contributed by atoms with van der Waals surface area (Å²) in [5.74, 6) is 0.813. The van der Waals surface area contributed by atoms with Crippen molar-refractivity contribution in [3.63, 3.8) is 0 Å². The SMILES string of the molecule is CC(C)C(=O)NCC(Cl)C1CC1. The van der Waals surface area contributed by atoms with Gasteiger partial charge in [0.15, 0.2) is 0 Å². The van der Waals surface area contributed by atoms with Gasteiger partial charge in [-0.2, -0.15) is 0 Å². The topological polar surface area (TPSA) is 29.1 Å². The molecule has 0 saturated heterocycles. The molecule has 0 aromatic heterocycles. The van der Waals surface area contributed by atoms with Gasteiger partial charge in [-0.3, -0.25) is 4.79 Å². The highest BCUT2D eigenvalue weighted by Crippen LogP contribution is 2.35. The number of hydrogen-bond acceptors (Lipinski definition) is 1. The molecule has 1 aliphatic rings. The fourth-order valence-corrected chi connectivity index (χ4v) is 1.36. The van der Waals surface area contributed by atoms with E-state index in [0.29, 0.717) is 12.5 Å². The lowest BCUT2D eigenvalue weighted by Gasteiger charge is -2.10. The zero-order valence-electron chi connectivity index (χ0n) is 7.64. The lowest BCUT2D eigenvalue weighted by atomic mass is 10.2. The molecule has 1 aliphatic carbocycles. The predicted octanol–water partition coefficient (Wildman–Crippen LogP) is 1.78. The second-order valence-corrected chi connectivity index (χ2v) is 4.31. The summed E-state index contributed by atoms with van der Waals surface area (Å²) in [6, 6.07) is 0. The van der Waals surface area contributed by atoms with Gasteiger partial charge in [0, 0.05) is 12.5 Å². The minimum atomic E-state index is 0.0630. The van der Waals surface area contributed by atoms with Crippen LogP contribution in [-0.2, 0) is 4.79 Å². The molecular formula is C9H16ClNO. The van der Waals surface area contributed by atoms with Crippen molar-refractivity contribution in [3.8, 4) is 0 Å². The van der Waals surface area contributed by atoms with Crippen LogP contribution in [0.4, 0.5) is 0 Å². The first-order chi connectivity index (χ1) is 5.61. The maximum absolute atomic E-state index is 11.1. The Morgan fingerprint density at radius 1 is 1.58 bits per heavy atom. The van der Waals surface area contributed by atoms with E-state index in [-0.39, 0.29) is 17.2 Å². The summed E-state index contributed by atoms with van der Waals surface area (Å²) in [5.41, 5.74) is 0. The molecule has 0 aromatic rings. The second-order valence-electron chi connectivity index (χ2n) is 3.75. The van der Waals surface area contributed by atoms with Crippen molar-refractivity contribution in [2.75, 3.05) is 6.54 Å². The molecule has 0 bridgehead atoms. The molecule has 0 aliphatic heterocycles. The van der Waals surface area contributed by atoms with Crippen LogP contribution in [0.5, 0.6) is 0 Å². The molecule has 1 atom stereocenters. The van der Waals surface area contributed by atoms with Gasteiger partial charge in [-0.1, -0.05) is 13.8 Å². The van der Waals surface area contributed by atoms with Crippen LogP contribution >= 0.6 is 11.6 Å². The predicted molar refractivity (Wildman–Crippen MR) is 50.2 cm³/mol. The van der Waals surface area contributed by atoms with Crippen LogP contribution in [0.2, 0.25) is 0 Å². The minimum absolute atomic E-state index is 0.0630. The fraction of sp³-hybridized carbons (Fsp3) is 0.889. The van der Waals surface area contributed by atoms with Gasteiger partial charge in [0.2, 0.25) is 5.91 Å². The normalized spacial score (nSPS) is 19.3. The van der Waals surface area contributed by atoms with Crippen LogP contribution in [0, 0.1) is 11.8 Å². The standard InChI is InChI=1S/C9H16ClNO/c1-6(2)9(12)11-5-8(10)7-3-4-7/h6-8H,3-5H2,1-2H3,(H,11,12). The lowest BCUT2D eigenvalue weighted by molar-refractivity contribution is -0.123. The lowest BCUT2D eigenvalue weighted by Crippen LogP contribution is -2.33. The Kier molecular flexibility index (Phi) is 3.39. The largest absolute Gasteiger partial charge is 0.354 e. The summed E-state index contributed by atoms with van der Waals surface area (Å²) in [6.07, 6.45) is 2.46. The number of nitrogens with one attached hydrogen (secondary N) is 1. The first kappa shape index (κ1) is 9.85. The van der Waals surface area contributed by atoms with Crippen molar-refractivity contribution in [2.24, 2.45) is 11.8 Å². The van der Waals surface area contributed by atoms with Crippen molar-refractivity contribution < 1.29 is 4.79 Å². The Labute approximate surface area is 78.7 Å². The molecule has 2 nitrogen and oxygen atoms in total. The molecular weight excluding hydrogens is 174 g/mol. The van der Waals surface area contributed by atoms with Crippen LogP contribution in [0.25, 0.3) is 0 Å². The molecule has 0 heterocycles. The number of carbonyl (C=O) groups excluding carboxylic acids is 1. The third-order valence-electron chi connectivity index (χ3n) is 2.13. The monoisotopic (exact) mass is 189 g/mol. The van der Waals surface area contributed by atoms with Crippen LogP contribution in [0.3, 0.4) is 0 Å². The van der Waals surface area contributed by atoms with E-state index in [9.17, 15) is 4.79 Å². The van der Waals surface area contributed by atoms with E-state index in [1.807, 2.05) is 13.8 Å². The highest BCUT2D eigenvalue weighted by Gasteiger charge is 2.29. The molecule has 1 fully saturated rings. The van der Waals surface area contributed by atoms with E-state index >= 15 is 0 Å². The molecule has 1 amide bonds. The molecule has 70 valence electrons. The van der Waals surface area contributed by atoms with Crippen LogP contribution in [0.15, 0.2) is 0 Å². The molecule has 3 heteroatoms. The van der Waals surface area contributed by atoms with E-state index < -0.39 is 0 Å². The van der Waals surface area contributed by atoms with Gasteiger partial charge in [-0.25, -0.2) is 0 Å². The highest BCUT2D eigenvalue weighted by atomic mass is 35.5. The molecule has 1 rings (SSSR count). The highest BCUT2D eigenvalue weighted by molar-refractivity contribution is 6.21. The molecule has 1 unspecified atom stereocenters. The molecule has 0 aromatic carbocycles. The van der Waals surface area contributed by atoms with Crippen LogP contribution < -0.4 is 5.32 Å². The Hall–Kier alpha value is -0.240. The fourth-order valence-electron chi connectivity index (χ4n) is 1.03. The first-order valence-corrected chi connectivity index (χ1v) is 4.96. The van der Waals surface area contributed by atoms with Gasteiger partial charge in [-0.15, -0.1) is 11.6 Å². The van der Waals surface area contributed by atoms with E-state index in [0.717, 1.165) is 0 Å². The average molecular weight is 190 g/mol. The Balaban J connectivity index is 2.11. The second kappa shape index (κ2) is 4.13. The summed E-state index contributed by atoms with van der Waals surface area (Å²) < 4.78 is 0. The quantitative estimate of drug-likeness (QED) is 0.672. The summed E-state index contributed by atoms with van der Waals surface area (Å²) >= 11 is 6.01. The average Bonchev–Trinajstić information content (AvgIpc) is 2.81. The first-order valence-electron chi connectivity index (χ1n) is 4.53. The van der Waals surface area contributed by atoms with Gasteiger partial charge >= 0.3 is 0 Å². The van der Waals surface area contributed by atoms with Crippen LogP contribution in [-0.4, -0.2) is 17.8 Å². The summed E-state index contributed by atoms with van der Waals surface area (Å²) in [6.45, 7) is 4.40. The smallest absolute Gasteiger partial charge is 0.222 e. The van der Waals surface area contributed by atoms with E-state index in [1.54, 1.807) is 0 Å². The van der Waals surface area contributed by atoms with Crippen molar-refractivity contribution in [1.82, 2.24) is 5.32 Å². The van der Waals surface area contributed by atoms with E-state index in [2.05, 4.69) is 5.32 Å². The molecule has 0 radical (unpaired) electrons. The third kappa shape index (κ3) is 3.02. The number of halogens is 1. The zero-order chi connectivity index (χ0) is 9.14. The zero-order valence-corrected chi connectivity index (χ0v) is 8.40. The molecule has 0 spiro atoms. The Morgan fingerprint density at radius 3 is 2.58 bits per heavy atom. The summed E-state index contributed by atoms with van der Waals surface area (Å²) in [7, 11) is 0. The number of carbonyl (C=O) groups is 1. The summed E-state index contributed by atoms with van der Waals surface area (Å²) in [4.78, 5) is 11.1. The molecule has 1 saturated carbocycles. The van der Waals surface area contributed by atoms with Gasteiger partial charge in [0.1, 0.15) is 0 Å². The minimum Gasteiger partial charge on any atom is -0.354 e. The van der Waals surface area contributed by atoms with Crippen molar-refractivity contribution in [1.29, 1.82) is 0 Å². The van der Waals surface area contributed by atoms with Gasteiger partial charge in [-0.05, 0) is 18.8 Å². The number of amides is 1. The van der Waals surface area contributed by atoms with E-state index in [4.69, 9.17) is 11.6 Å². The Morgan fingerprint density at radius 2 is 2.17 bits per heavy atom. The maximum Gasteiger partial charge on any atom is 0.222 e. The Bertz CT molecular complexity index is 166. The summed E-state index contributed by atoms with van der Waals surface area (Å²) in [5, 5.41) is 2.98. The molecule has 1 N–H and O–H groups in total. The number of alkyl halides is 1. The number of rotatable bonds is 4.